The first-order valence-electron chi connectivity index (χ1n) is 8.41. The van der Waals surface area contributed by atoms with Crippen molar-refractivity contribution in [3.05, 3.63) is 83.2 Å². The van der Waals surface area contributed by atoms with Crippen molar-refractivity contribution < 1.29 is 8.78 Å². The molecule has 5 heteroatoms. The second-order valence-electron chi connectivity index (χ2n) is 6.56. The Kier molecular flexibility index (Phi) is 3.13. The SMILES string of the molecule is Cc1c(F)cc(C2Nc3ccccc3-c3ccnc4[nH]cc2c34)cc1F. The van der Waals surface area contributed by atoms with Crippen LogP contribution in [0.2, 0.25) is 0 Å². The molecule has 0 amide bonds. The zero-order valence-electron chi connectivity index (χ0n) is 14.0. The predicted octanol–water partition coefficient (Wildman–Crippen LogP) is 5.33. The maximum absolute atomic E-state index is 14.2. The topological polar surface area (TPSA) is 40.7 Å². The number of aromatic amines is 1. The van der Waals surface area contributed by atoms with Gasteiger partial charge in [-0.05, 0) is 42.3 Å². The van der Waals surface area contributed by atoms with Crippen LogP contribution in [0.4, 0.5) is 14.5 Å². The maximum Gasteiger partial charge on any atom is 0.138 e. The first kappa shape index (κ1) is 15.1. The molecule has 5 rings (SSSR count). The molecule has 1 aliphatic heterocycles. The number of benzene rings is 2. The van der Waals surface area contributed by atoms with Gasteiger partial charge in [-0.1, -0.05) is 18.2 Å². The fourth-order valence-corrected chi connectivity index (χ4v) is 3.71. The summed E-state index contributed by atoms with van der Waals surface area (Å²) in [4.78, 5) is 7.59. The van der Waals surface area contributed by atoms with Crippen LogP contribution in [0.3, 0.4) is 0 Å². The average molecular weight is 347 g/mol. The van der Waals surface area contributed by atoms with Gasteiger partial charge in [0.25, 0.3) is 0 Å². The Morgan fingerprint density at radius 3 is 2.58 bits per heavy atom. The molecule has 1 unspecified atom stereocenters. The van der Waals surface area contributed by atoms with Gasteiger partial charge in [0.15, 0.2) is 0 Å². The van der Waals surface area contributed by atoms with E-state index < -0.39 is 11.6 Å². The summed E-state index contributed by atoms with van der Waals surface area (Å²) in [6, 6.07) is 12.3. The van der Waals surface area contributed by atoms with E-state index in [4.69, 9.17) is 0 Å². The van der Waals surface area contributed by atoms with Gasteiger partial charge in [0.05, 0.1) is 6.04 Å². The number of nitrogens with zero attached hydrogens (tertiary/aromatic N) is 1. The summed E-state index contributed by atoms with van der Waals surface area (Å²) in [5, 5.41) is 4.43. The highest BCUT2D eigenvalue weighted by Gasteiger charge is 2.26. The van der Waals surface area contributed by atoms with Gasteiger partial charge in [0, 0.05) is 40.2 Å². The molecule has 3 nitrogen and oxygen atoms in total. The smallest absolute Gasteiger partial charge is 0.138 e. The van der Waals surface area contributed by atoms with E-state index >= 15 is 0 Å². The molecule has 3 heterocycles. The van der Waals surface area contributed by atoms with E-state index in [1.165, 1.54) is 19.1 Å². The minimum absolute atomic E-state index is 0.0315. The van der Waals surface area contributed by atoms with Gasteiger partial charge in [0.1, 0.15) is 17.3 Å². The molecule has 26 heavy (non-hydrogen) atoms. The molecule has 0 saturated heterocycles. The van der Waals surface area contributed by atoms with Gasteiger partial charge >= 0.3 is 0 Å². The van der Waals surface area contributed by atoms with Crippen LogP contribution in [-0.4, -0.2) is 9.97 Å². The molecule has 2 aromatic carbocycles. The van der Waals surface area contributed by atoms with Crippen molar-refractivity contribution in [3.8, 4) is 11.1 Å². The first-order chi connectivity index (χ1) is 12.6. The van der Waals surface area contributed by atoms with Crippen LogP contribution in [0.5, 0.6) is 0 Å². The van der Waals surface area contributed by atoms with E-state index in [1.807, 2.05) is 36.5 Å². The van der Waals surface area contributed by atoms with Crippen molar-refractivity contribution in [3.63, 3.8) is 0 Å². The number of hydrogen-bond acceptors (Lipinski definition) is 2. The molecular weight excluding hydrogens is 332 g/mol. The monoisotopic (exact) mass is 347 g/mol. The Balaban J connectivity index is 1.83. The van der Waals surface area contributed by atoms with Crippen LogP contribution in [0, 0.1) is 18.6 Å². The van der Waals surface area contributed by atoms with Crippen molar-refractivity contribution in [2.24, 2.45) is 0 Å². The number of hydrogen-bond donors (Lipinski definition) is 2. The number of anilines is 1. The van der Waals surface area contributed by atoms with Gasteiger partial charge in [0.2, 0.25) is 0 Å². The first-order valence-corrected chi connectivity index (χ1v) is 8.41. The van der Waals surface area contributed by atoms with E-state index in [0.717, 1.165) is 33.4 Å². The zero-order chi connectivity index (χ0) is 17.8. The number of fused-ring (bicyclic) bond motifs is 2. The van der Waals surface area contributed by atoms with Crippen LogP contribution in [-0.2, 0) is 0 Å². The normalized spacial score (nSPS) is 15.4. The third kappa shape index (κ3) is 2.07. The van der Waals surface area contributed by atoms with Gasteiger partial charge in [-0.2, -0.15) is 0 Å². The summed E-state index contributed by atoms with van der Waals surface area (Å²) in [7, 11) is 0. The summed E-state index contributed by atoms with van der Waals surface area (Å²) in [5.74, 6) is -1.09. The predicted molar refractivity (Wildman–Crippen MR) is 98.1 cm³/mol. The molecule has 0 fully saturated rings. The molecule has 2 aromatic heterocycles. The van der Waals surface area contributed by atoms with Crippen molar-refractivity contribution in [2.75, 3.05) is 5.32 Å². The lowest BCUT2D eigenvalue weighted by atomic mass is 9.96. The van der Waals surface area contributed by atoms with Crippen LogP contribution >= 0.6 is 0 Å². The van der Waals surface area contributed by atoms with Gasteiger partial charge < -0.3 is 10.3 Å². The largest absolute Gasteiger partial charge is 0.374 e. The Labute approximate surface area is 148 Å². The number of H-pyrrole nitrogens is 1. The van der Waals surface area contributed by atoms with E-state index in [1.54, 1.807) is 6.20 Å². The summed E-state index contributed by atoms with van der Waals surface area (Å²) in [5.41, 5.74) is 5.25. The van der Waals surface area contributed by atoms with Crippen LogP contribution in [0.1, 0.15) is 22.7 Å². The van der Waals surface area contributed by atoms with E-state index in [0.29, 0.717) is 5.56 Å². The fourth-order valence-electron chi connectivity index (χ4n) is 3.71. The van der Waals surface area contributed by atoms with Gasteiger partial charge in [-0.25, -0.2) is 13.8 Å². The van der Waals surface area contributed by atoms with Crippen molar-refractivity contribution in [2.45, 2.75) is 13.0 Å². The van der Waals surface area contributed by atoms with Crippen LogP contribution in [0.25, 0.3) is 22.2 Å². The second kappa shape index (κ2) is 5.39. The fraction of sp³-hybridized carbons (Fsp3) is 0.0952. The summed E-state index contributed by atoms with van der Waals surface area (Å²) < 4.78 is 28.4. The Morgan fingerprint density at radius 1 is 1.00 bits per heavy atom. The molecule has 0 radical (unpaired) electrons. The lowest BCUT2D eigenvalue weighted by Crippen LogP contribution is -2.12. The number of nitrogens with one attached hydrogen (secondary N) is 2. The molecule has 1 aliphatic rings. The minimum Gasteiger partial charge on any atom is -0.374 e. The van der Waals surface area contributed by atoms with E-state index in [9.17, 15) is 8.78 Å². The number of aromatic nitrogens is 2. The highest BCUT2D eigenvalue weighted by Crippen LogP contribution is 2.43. The van der Waals surface area contributed by atoms with Gasteiger partial charge in [-0.3, -0.25) is 0 Å². The van der Waals surface area contributed by atoms with Crippen molar-refractivity contribution in [1.29, 1.82) is 0 Å². The van der Waals surface area contributed by atoms with Crippen LogP contribution < -0.4 is 5.32 Å². The lowest BCUT2D eigenvalue weighted by molar-refractivity contribution is 0.563. The number of para-hydroxylation sites is 1. The molecule has 2 N–H and O–H groups in total. The molecule has 4 aromatic rings. The van der Waals surface area contributed by atoms with E-state index in [2.05, 4.69) is 15.3 Å². The Morgan fingerprint density at radius 2 is 1.77 bits per heavy atom. The van der Waals surface area contributed by atoms with Crippen LogP contribution in [0.15, 0.2) is 54.9 Å². The molecule has 128 valence electrons. The average Bonchev–Trinajstić information content (AvgIpc) is 3.01. The third-order valence-corrected chi connectivity index (χ3v) is 5.07. The summed E-state index contributed by atoms with van der Waals surface area (Å²) in [6.07, 6.45) is 3.63. The molecule has 0 spiro atoms. The Bertz CT molecular complexity index is 1140. The minimum atomic E-state index is -0.544. The molecule has 0 bridgehead atoms. The standard InChI is InChI=1S/C21H15F2N3/c1-11-16(22)8-12(9-17(11)23)20-15-10-25-21-19(15)14(6-7-24-21)13-4-2-3-5-18(13)26-20/h2-10,20,26H,1H3,(H,24,25). The molecule has 0 saturated carbocycles. The highest BCUT2D eigenvalue weighted by molar-refractivity contribution is 6.01. The third-order valence-electron chi connectivity index (χ3n) is 5.07. The molecular formula is C21H15F2N3. The number of pyridine rings is 1. The van der Waals surface area contributed by atoms with Gasteiger partial charge in [-0.15, -0.1) is 0 Å². The lowest BCUT2D eigenvalue weighted by Gasteiger charge is -2.20. The molecule has 1 atom stereocenters. The molecule has 0 aliphatic carbocycles. The highest BCUT2D eigenvalue weighted by atomic mass is 19.1. The quantitative estimate of drug-likeness (QED) is 0.488. The maximum atomic E-state index is 14.2. The van der Waals surface area contributed by atoms with E-state index in [-0.39, 0.29) is 11.6 Å². The summed E-state index contributed by atoms with van der Waals surface area (Å²) >= 11 is 0. The zero-order valence-corrected chi connectivity index (χ0v) is 14.0. The number of halogens is 2. The van der Waals surface area contributed by atoms with Crippen molar-refractivity contribution >= 4 is 16.7 Å². The summed E-state index contributed by atoms with van der Waals surface area (Å²) in [6.45, 7) is 1.44. The second-order valence-corrected chi connectivity index (χ2v) is 6.56. The van der Waals surface area contributed by atoms with Crippen molar-refractivity contribution in [1.82, 2.24) is 9.97 Å². The Hall–Kier alpha value is -3.21. The number of rotatable bonds is 1.